The van der Waals surface area contributed by atoms with E-state index in [1.165, 1.54) is 0 Å². The van der Waals surface area contributed by atoms with Crippen LogP contribution in [0.5, 0.6) is 0 Å². The summed E-state index contributed by atoms with van der Waals surface area (Å²) in [5, 5.41) is 11.1. The fraction of sp³-hybridized carbons (Fsp3) is 0.412. The van der Waals surface area contributed by atoms with Gasteiger partial charge in [0, 0.05) is 18.6 Å². The number of para-hydroxylation sites is 1. The van der Waals surface area contributed by atoms with E-state index in [2.05, 4.69) is 4.98 Å². The van der Waals surface area contributed by atoms with Crippen molar-refractivity contribution >= 4 is 16.8 Å². The summed E-state index contributed by atoms with van der Waals surface area (Å²) < 4.78 is 0. The average Bonchev–Trinajstić information content (AvgIpc) is 2.53. The normalized spacial score (nSPS) is 22.2. The SMILES string of the molecule is CN(C(=O)c1cccc2cccnc12)C1CCCCC1O. The second-order valence-electron chi connectivity index (χ2n) is 5.72. The van der Waals surface area contributed by atoms with Crippen LogP contribution in [0.25, 0.3) is 10.9 Å². The van der Waals surface area contributed by atoms with Crippen LogP contribution in [0.1, 0.15) is 36.0 Å². The van der Waals surface area contributed by atoms with Crippen LogP contribution in [-0.2, 0) is 0 Å². The van der Waals surface area contributed by atoms with Crippen LogP contribution < -0.4 is 0 Å². The van der Waals surface area contributed by atoms with E-state index in [-0.39, 0.29) is 11.9 Å². The topological polar surface area (TPSA) is 53.4 Å². The van der Waals surface area contributed by atoms with Gasteiger partial charge in [-0.1, -0.05) is 31.0 Å². The standard InChI is InChI=1S/C17H20N2O2/c1-19(14-9-2-3-10-15(14)20)17(21)13-8-4-6-12-7-5-11-18-16(12)13/h4-8,11,14-15,20H,2-3,9-10H2,1H3. The van der Waals surface area contributed by atoms with Crippen LogP contribution in [0.3, 0.4) is 0 Å². The monoisotopic (exact) mass is 284 g/mol. The van der Waals surface area contributed by atoms with Crippen LogP contribution in [0, 0.1) is 0 Å². The molecule has 0 aliphatic heterocycles. The predicted molar refractivity (Wildman–Crippen MR) is 82.1 cm³/mol. The fourth-order valence-electron chi connectivity index (χ4n) is 3.16. The Hall–Kier alpha value is -1.94. The summed E-state index contributed by atoms with van der Waals surface area (Å²) in [5.41, 5.74) is 1.33. The number of aliphatic hydroxyl groups excluding tert-OH is 1. The highest BCUT2D eigenvalue weighted by molar-refractivity contribution is 6.05. The number of aliphatic hydroxyl groups is 1. The average molecular weight is 284 g/mol. The second-order valence-corrected chi connectivity index (χ2v) is 5.72. The number of amides is 1. The molecule has 0 saturated heterocycles. The van der Waals surface area contributed by atoms with Gasteiger partial charge in [0.15, 0.2) is 0 Å². The van der Waals surface area contributed by atoms with Gasteiger partial charge in [-0.2, -0.15) is 0 Å². The van der Waals surface area contributed by atoms with Crippen LogP contribution in [0.2, 0.25) is 0 Å². The Kier molecular flexibility index (Phi) is 3.88. The van der Waals surface area contributed by atoms with E-state index in [1.54, 1.807) is 18.1 Å². The van der Waals surface area contributed by atoms with E-state index in [1.807, 2.05) is 30.3 Å². The lowest BCUT2D eigenvalue weighted by molar-refractivity contribution is 0.0269. The largest absolute Gasteiger partial charge is 0.391 e. The Balaban J connectivity index is 1.93. The predicted octanol–water partition coefficient (Wildman–Crippen LogP) is 2.61. The molecular weight excluding hydrogens is 264 g/mol. The molecule has 4 nitrogen and oxygen atoms in total. The zero-order valence-corrected chi connectivity index (χ0v) is 12.2. The molecule has 1 aliphatic rings. The van der Waals surface area contributed by atoms with Gasteiger partial charge < -0.3 is 10.0 Å². The Labute approximate surface area is 124 Å². The Morgan fingerprint density at radius 1 is 1.24 bits per heavy atom. The molecular formula is C17H20N2O2. The third kappa shape index (κ3) is 2.63. The van der Waals surface area contributed by atoms with Crippen LogP contribution in [0.4, 0.5) is 0 Å². The number of nitrogens with zero attached hydrogens (tertiary/aromatic N) is 2. The van der Waals surface area contributed by atoms with Crippen molar-refractivity contribution in [3.8, 4) is 0 Å². The number of pyridine rings is 1. The lowest BCUT2D eigenvalue weighted by Gasteiger charge is -2.35. The first-order valence-electron chi connectivity index (χ1n) is 7.47. The number of hydrogen-bond donors (Lipinski definition) is 1. The molecule has 1 saturated carbocycles. The van der Waals surface area contributed by atoms with E-state index in [9.17, 15) is 9.90 Å². The van der Waals surface area contributed by atoms with Crippen molar-refractivity contribution in [3.63, 3.8) is 0 Å². The first kappa shape index (κ1) is 14.0. The Morgan fingerprint density at radius 2 is 2.00 bits per heavy atom. The minimum absolute atomic E-state index is 0.0646. The van der Waals surface area contributed by atoms with Crippen molar-refractivity contribution in [2.75, 3.05) is 7.05 Å². The van der Waals surface area contributed by atoms with Gasteiger partial charge >= 0.3 is 0 Å². The zero-order chi connectivity index (χ0) is 14.8. The molecule has 1 aliphatic carbocycles. The molecule has 0 radical (unpaired) electrons. The molecule has 2 aromatic rings. The number of aromatic nitrogens is 1. The van der Waals surface area contributed by atoms with Crippen LogP contribution in [0.15, 0.2) is 36.5 Å². The zero-order valence-electron chi connectivity index (χ0n) is 12.2. The van der Waals surface area contributed by atoms with E-state index >= 15 is 0 Å². The Bertz CT molecular complexity index is 651. The van der Waals surface area contributed by atoms with Gasteiger partial charge in [0.25, 0.3) is 5.91 Å². The smallest absolute Gasteiger partial charge is 0.256 e. The van der Waals surface area contributed by atoms with Crippen molar-refractivity contribution in [2.24, 2.45) is 0 Å². The van der Waals surface area contributed by atoms with Gasteiger partial charge in [-0.3, -0.25) is 9.78 Å². The molecule has 3 rings (SSSR count). The molecule has 0 spiro atoms. The lowest BCUT2D eigenvalue weighted by Crippen LogP contribution is -2.46. The fourth-order valence-corrected chi connectivity index (χ4v) is 3.16. The van der Waals surface area contributed by atoms with Crippen LogP contribution >= 0.6 is 0 Å². The summed E-state index contributed by atoms with van der Waals surface area (Å²) in [6, 6.07) is 9.37. The molecule has 1 aromatic carbocycles. The van der Waals surface area contributed by atoms with Gasteiger partial charge in [0.1, 0.15) is 0 Å². The molecule has 110 valence electrons. The lowest BCUT2D eigenvalue weighted by atomic mass is 9.91. The van der Waals surface area contributed by atoms with Gasteiger partial charge in [0.2, 0.25) is 0 Å². The maximum atomic E-state index is 12.8. The molecule has 1 fully saturated rings. The molecule has 1 heterocycles. The molecule has 4 heteroatoms. The van der Waals surface area contributed by atoms with Crippen molar-refractivity contribution in [1.29, 1.82) is 0 Å². The highest BCUT2D eigenvalue weighted by Crippen LogP contribution is 2.25. The molecule has 1 amide bonds. The molecule has 2 unspecified atom stereocenters. The highest BCUT2D eigenvalue weighted by Gasteiger charge is 2.30. The van der Waals surface area contributed by atoms with Gasteiger partial charge in [-0.05, 0) is 25.0 Å². The van der Waals surface area contributed by atoms with Crippen molar-refractivity contribution in [1.82, 2.24) is 9.88 Å². The van der Waals surface area contributed by atoms with Gasteiger partial charge in [0.05, 0.1) is 23.2 Å². The molecule has 1 N–H and O–H groups in total. The number of benzene rings is 1. The molecule has 0 bridgehead atoms. The number of fused-ring (bicyclic) bond motifs is 1. The minimum atomic E-state index is -0.421. The summed E-state index contributed by atoms with van der Waals surface area (Å²) >= 11 is 0. The van der Waals surface area contributed by atoms with Crippen molar-refractivity contribution < 1.29 is 9.90 Å². The number of carbonyl (C=O) groups excluding carboxylic acids is 1. The maximum absolute atomic E-state index is 12.8. The summed E-state index contributed by atoms with van der Waals surface area (Å²) in [7, 11) is 1.78. The van der Waals surface area contributed by atoms with Crippen molar-refractivity contribution in [2.45, 2.75) is 37.8 Å². The number of carbonyl (C=O) groups is 1. The van der Waals surface area contributed by atoms with E-state index in [4.69, 9.17) is 0 Å². The van der Waals surface area contributed by atoms with E-state index in [0.717, 1.165) is 36.6 Å². The molecule has 21 heavy (non-hydrogen) atoms. The summed E-state index contributed by atoms with van der Waals surface area (Å²) in [5.74, 6) is -0.0646. The van der Waals surface area contributed by atoms with E-state index in [0.29, 0.717) is 5.56 Å². The third-order valence-electron chi connectivity index (χ3n) is 4.37. The second kappa shape index (κ2) is 5.82. The number of rotatable bonds is 2. The molecule has 2 atom stereocenters. The summed E-state index contributed by atoms with van der Waals surface area (Å²) in [6.07, 6.45) is 5.02. The first-order valence-corrected chi connectivity index (χ1v) is 7.47. The number of likely N-dealkylation sites (N-methyl/N-ethyl adjacent to an activating group) is 1. The van der Waals surface area contributed by atoms with Gasteiger partial charge in [-0.25, -0.2) is 0 Å². The van der Waals surface area contributed by atoms with Crippen molar-refractivity contribution in [3.05, 3.63) is 42.1 Å². The summed E-state index contributed by atoms with van der Waals surface area (Å²) in [6.45, 7) is 0. The van der Waals surface area contributed by atoms with Gasteiger partial charge in [-0.15, -0.1) is 0 Å². The quantitative estimate of drug-likeness (QED) is 0.922. The first-order chi connectivity index (χ1) is 10.2. The van der Waals surface area contributed by atoms with Crippen LogP contribution in [-0.4, -0.2) is 40.1 Å². The maximum Gasteiger partial charge on any atom is 0.256 e. The highest BCUT2D eigenvalue weighted by atomic mass is 16.3. The summed E-state index contributed by atoms with van der Waals surface area (Å²) in [4.78, 5) is 18.8. The Morgan fingerprint density at radius 3 is 2.81 bits per heavy atom. The third-order valence-corrected chi connectivity index (χ3v) is 4.37. The number of hydrogen-bond acceptors (Lipinski definition) is 3. The molecule has 1 aromatic heterocycles. The minimum Gasteiger partial charge on any atom is -0.391 e. The van der Waals surface area contributed by atoms with E-state index < -0.39 is 6.10 Å².